The Hall–Kier alpha value is -2.68. The molecule has 0 aliphatic heterocycles. The maximum absolute atomic E-state index is 10.7. The van der Waals surface area contributed by atoms with Crippen LogP contribution >= 0.6 is 15.9 Å². The lowest BCUT2D eigenvalue weighted by Gasteiger charge is -2.03. The highest BCUT2D eigenvalue weighted by atomic mass is 79.9. The fourth-order valence-electron chi connectivity index (χ4n) is 2.15. The van der Waals surface area contributed by atoms with Crippen LogP contribution in [0.15, 0.2) is 39.5 Å². The lowest BCUT2D eigenvalue weighted by molar-refractivity contribution is -0.119. The van der Waals surface area contributed by atoms with Crippen LogP contribution < -0.4 is 10.5 Å². The molecule has 0 spiro atoms. The molecule has 0 aliphatic rings. The number of hydrogen-bond donors (Lipinski definition) is 1. The second-order valence-corrected chi connectivity index (χ2v) is 6.22. The van der Waals surface area contributed by atoms with Gasteiger partial charge in [-0.2, -0.15) is 10.1 Å². The van der Waals surface area contributed by atoms with Gasteiger partial charge < -0.3 is 15.0 Å². The Kier molecular flexibility index (Phi) is 5.13. The Morgan fingerprint density at radius 2 is 2.12 bits per heavy atom. The summed E-state index contributed by atoms with van der Waals surface area (Å²) in [4.78, 5) is 15.1. The quantitative estimate of drug-likeness (QED) is 0.644. The lowest BCUT2D eigenvalue weighted by atomic mass is 10.2. The smallest absolute Gasteiger partial charge is 0.255 e. The summed E-state index contributed by atoms with van der Waals surface area (Å²) in [6, 6.07) is 7.02. The van der Waals surface area contributed by atoms with Gasteiger partial charge in [0.15, 0.2) is 6.61 Å². The Morgan fingerprint density at radius 3 is 2.76 bits per heavy atom. The second kappa shape index (κ2) is 7.47. The third kappa shape index (κ3) is 4.44. The van der Waals surface area contributed by atoms with E-state index in [0.717, 1.165) is 15.7 Å². The zero-order chi connectivity index (χ0) is 17.8. The van der Waals surface area contributed by atoms with Crippen LogP contribution in [0.25, 0.3) is 11.4 Å². The summed E-state index contributed by atoms with van der Waals surface area (Å²) in [7, 11) is 0. The molecule has 25 heavy (non-hydrogen) atoms. The minimum absolute atomic E-state index is 0.158. The second-order valence-electron chi connectivity index (χ2n) is 5.37. The molecule has 0 radical (unpaired) electrons. The van der Waals surface area contributed by atoms with Gasteiger partial charge in [-0.15, -0.1) is 0 Å². The Labute approximate surface area is 152 Å². The Morgan fingerprint density at radius 1 is 1.36 bits per heavy atom. The minimum Gasteiger partial charge on any atom is -0.484 e. The average molecular weight is 406 g/mol. The van der Waals surface area contributed by atoms with Gasteiger partial charge in [-0.25, -0.2) is 0 Å². The highest BCUT2D eigenvalue weighted by Crippen LogP contribution is 2.20. The van der Waals surface area contributed by atoms with Gasteiger partial charge in [0, 0.05) is 24.7 Å². The van der Waals surface area contributed by atoms with Gasteiger partial charge in [-0.05, 0) is 47.1 Å². The molecule has 2 heterocycles. The minimum atomic E-state index is -0.522. The number of ether oxygens (including phenoxy) is 1. The summed E-state index contributed by atoms with van der Waals surface area (Å²) in [6.45, 7) is 2.42. The normalized spacial score (nSPS) is 10.8. The van der Waals surface area contributed by atoms with Crippen molar-refractivity contribution >= 4 is 21.8 Å². The van der Waals surface area contributed by atoms with Crippen molar-refractivity contribution in [2.24, 2.45) is 5.73 Å². The van der Waals surface area contributed by atoms with E-state index in [4.69, 9.17) is 15.0 Å². The fourth-order valence-corrected chi connectivity index (χ4v) is 2.46. The van der Waals surface area contributed by atoms with Crippen molar-refractivity contribution in [3.8, 4) is 17.1 Å². The molecule has 9 heteroatoms. The van der Waals surface area contributed by atoms with Crippen LogP contribution in [0.3, 0.4) is 0 Å². The molecule has 0 unspecified atom stereocenters. The van der Waals surface area contributed by atoms with Crippen LogP contribution in [-0.4, -0.2) is 32.4 Å². The van der Waals surface area contributed by atoms with Crippen LogP contribution in [0.4, 0.5) is 0 Å². The number of aryl methyl sites for hydroxylation is 3. The van der Waals surface area contributed by atoms with E-state index in [1.165, 1.54) is 0 Å². The van der Waals surface area contributed by atoms with Gasteiger partial charge in [0.05, 0.1) is 10.2 Å². The van der Waals surface area contributed by atoms with E-state index in [-0.39, 0.29) is 6.61 Å². The molecule has 1 amide bonds. The number of halogens is 1. The molecule has 8 nitrogen and oxygen atoms in total. The van der Waals surface area contributed by atoms with Crippen molar-refractivity contribution in [3.63, 3.8) is 0 Å². The molecule has 2 N–H and O–H groups in total. The van der Waals surface area contributed by atoms with Gasteiger partial charge in [-0.3, -0.25) is 9.48 Å². The molecule has 2 aromatic heterocycles. The van der Waals surface area contributed by atoms with Gasteiger partial charge in [0.2, 0.25) is 11.7 Å². The maximum Gasteiger partial charge on any atom is 0.255 e. The monoisotopic (exact) mass is 405 g/mol. The van der Waals surface area contributed by atoms with Crippen LogP contribution in [0.5, 0.6) is 5.75 Å². The first-order chi connectivity index (χ1) is 12.0. The number of carbonyl (C=O) groups is 1. The average Bonchev–Trinajstić information content (AvgIpc) is 3.18. The number of hydrogen-bond acceptors (Lipinski definition) is 6. The van der Waals surface area contributed by atoms with Crippen molar-refractivity contribution in [1.82, 2.24) is 19.9 Å². The summed E-state index contributed by atoms with van der Waals surface area (Å²) < 4.78 is 13.3. The number of aromatic nitrogens is 4. The first kappa shape index (κ1) is 17.2. The third-order valence-corrected chi connectivity index (χ3v) is 4.18. The number of benzene rings is 1. The summed E-state index contributed by atoms with van der Waals surface area (Å²) >= 11 is 3.43. The van der Waals surface area contributed by atoms with Crippen LogP contribution in [0.1, 0.15) is 11.6 Å². The summed E-state index contributed by atoms with van der Waals surface area (Å²) in [5.41, 5.74) is 6.76. The van der Waals surface area contributed by atoms with Crippen molar-refractivity contribution in [2.45, 2.75) is 19.9 Å². The molecular weight excluding hydrogens is 390 g/mol. The molecule has 3 rings (SSSR count). The number of amides is 1. The topological polar surface area (TPSA) is 109 Å². The number of carbonyl (C=O) groups excluding carboxylic acids is 1. The van der Waals surface area contributed by atoms with E-state index in [9.17, 15) is 4.79 Å². The fraction of sp³-hybridized carbons (Fsp3) is 0.250. The first-order valence-electron chi connectivity index (χ1n) is 7.55. The van der Waals surface area contributed by atoms with Crippen LogP contribution in [-0.2, 0) is 17.8 Å². The number of rotatable bonds is 7. The first-order valence-corrected chi connectivity index (χ1v) is 8.34. The summed E-state index contributed by atoms with van der Waals surface area (Å²) in [5, 5.41) is 8.35. The van der Waals surface area contributed by atoms with Gasteiger partial charge in [0.1, 0.15) is 5.75 Å². The van der Waals surface area contributed by atoms with Gasteiger partial charge in [-0.1, -0.05) is 5.16 Å². The van der Waals surface area contributed by atoms with Crippen molar-refractivity contribution in [1.29, 1.82) is 0 Å². The van der Waals surface area contributed by atoms with Crippen LogP contribution in [0, 0.1) is 6.92 Å². The molecule has 130 valence electrons. The van der Waals surface area contributed by atoms with Crippen molar-refractivity contribution in [2.75, 3.05) is 6.61 Å². The summed E-state index contributed by atoms with van der Waals surface area (Å²) in [5.74, 6) is 1.06. The number of nitrogens with two attached hydrogens (primary N) is 1. The van der Waals surface area contributed by atoms with Crippen LogP contribution in [0.2, 0.25) is 0 Å². The molecule has 0 bridgehead atoms. The Balaban J connectivity index is 1.61. The van der Waals surface area contributed by atoms with Crippen molar-refractivity contribution in [3.05, 3.63) is 46.5 Å². The molecule has 0 atom stereocenters. The highest BCUT2D eigenvalue weighted by Gasteiger charge is 2.10. The highest BCUT2D eigenvalue weighted by molar-refractivity contribution is 9.10. The molecule has 0 fully saturated rings. The lowest BCUT2D eigenvalue weighted by Crippen LogP contribution is -2.19. The van der Waals surface area contributed by atoms with Gasteiger partial charge >= 0.3 is 0 Å². The predicted molar refractivity (Wildman–Crippen MR) is 92.8 cm³/mol. The molecule has 3 aromatic rings. The molecule has 1 aromatic carbocycles. The van der Waals surface area contributed by atoms with E-state index < -0.39 is 5.91 Å². The van der Waals surface area contributed by atoms with E-state index in [0.29, 0.717) is 30.4 Å². The summed E-state index contributed by atoms with van der Waals surface area (Å²) in [6.07, 6.45) is 2.50. The zero-order valence-electron chi connectivity index (χ0n) is 13.5. The maximum atomic E-state index is 10.7. The van der Waals surface area contributed by atoms with E-state index in [1.54, 1.807) is 24.3 Å². The number of nitrogens with zero attached hydrogens (tertiary/aromatic N) is 4. The Bertz CT molecular complexity index is 853. The molecule has 0 saturated heterocycles. The van der Waals surface area contributed by atoms with E-state index >= 15 is 0 Å². The zero-order valence-corrected chi connectivity index (χ0v) is 15.1. The molecule has 0 saturated carbocycles. The third-order valence-electron chi connectivity index (χ3n) is 3.40. The standard InChI is InChI=1S/C16H16BrN5O3/c1-10-13(17)8-22(20-10)7-6-15-19-16(21-25-15)11-2-4-12(5-3-11)24-9-14(18)23/h2-5,8H,6-7,9H2,1H3,(H2,18,23). The van der Waals surface area contributed by atoms with Gasteiger partial charge in [0.25, 0.3) is 5.91 Å². The number of primary amides is 1. The SMILES string of the molecule is Cc1nn(CCc2nc(-c3ccc(OCC(N)=O)cc3)no2)cc1Br. The predicted octanol–water partition coefficient (Wildman–Crippen LogP) is 2.11. The molecular formula is C16H16BrN5O3. The van der Waals surface area contributed by atoms with E-state index in [2.05, 4.69) is 31.2 Å². The largest absolute Gasteiger partial charge is 0.484 e. The van der Waals surface area contributed by atoms with E-state index in [1.807, 2.05) is 17.8 Å². The molecule has 0 aliphatic carbocycles. The van der Waals surface area contributed by atoms with Crippen molar-refractivity contribution < 1.29 is 14.1 Å².